The van der Waals surface area contributed by atoms with Crippen LogP contribution in [-0.2, 0) is 10.3 Å². The number of benzene rings is 2. The summed E-state index contributed by atoms with van der Waals surface area (Å²) in [7, 11) is 1.59. The summed E-state index contributed by atoms with van der Waals surface area (Å²) in [6.45, 7) is 3.68. The number of halogens is 1. The Morgan fingerprint density at radius 3 is 2.84 bits per heavy atom. The normalized spacial score (nSPS) is 18.4. The van der Waals surface area contributed by atoms with Crippen molar-refractivity contribution >= 4 is 45.7 Å². The van der Waals surface area contributed by atoms with E-state index in [9.17, 15) is 4.79 Å². The third-order valence-electron chi connectivity index (χ3n) is 5.43. The van der Waals surface area contributed by atoms with Gasteiger partial charge in [-0.3, -0.25) is 20.1 Å². The lowest BCUT2D eigenvalue weighted by atomic mass is 9.86. The molecule has 0 radical (unpaired) electrons. The molecule has 0 spiro atoms. The van der Waals surface area contributed by atoms with Gasteiger partial charge in [-0.25, -0.2) is 0 Å². The minimum Gasteiger partial charge on any atom is -0.354 e. The van der Waals surface area contributed by atoms with E-state index in [0.29, 0.717) is 5.02 Å². The van der Waals surface area contributed by atoms with E-state index in [0.717, 1.165) is 33.4 Å². The molecule has 1 saturated heterocycles. The zero-order chi connectivity index (χ0) is 22.2. The molecule has 0 aliphatic carbocycles. The van der Waals surface area contributed by atoms with E-state index in [2.05, 4.69) is 27.5 Å². The SMILES string of the molecule is CC#Cc1cnc2c(Nc3ccc(Cl)c([C@]4(C)CC(=O)N(C)C(=N)N4)c3)cccc2c1. The van der Waals surface area contributed by atoms with Crippen LogP contribution >= 0.6 is 11.6 Å². The van der Waals surface area contributed by atoms with E-state index in [1.54, 1.807) is 26.2 Å². The van der Waals surface area contributed by atoms with Gasteiger partial charge in [0.25, 0.3) is 0 Å². The lowest BCUT2D eigenvalue weighted by Gasteiger charge is -2.40. The highest BCUT2D eigenvalue weighted by Gasteiger charge is 2.39. The van der Waals surface area contributed by atoms with Crippen molar-refractivity contribution in [1.82, 2.24) is 15.2 Å². The first kappa shape index (κ1) is 20.7. The van der Waals surface area contributed by atoms with Crippen LogP contribution < -0.4 is 10.6 Å². The third kappa shape index (κ3) is 3.92. The molecule has 4 rings (SSSR count). The molecule has 1 aliphatic rings. The third-order valence-corrected chi connectivity index (χ3v) is 5.76. The Morgan fingerprint density at radius 2 is 2.10 bits per heavy atom. The Hall–Kier alpha value is -3.56. The summed E-state index contributed by atoms with van der Waals surface area (Å²) in [5.74, 6) is 5.84. The number of nitrogens with one attached hydrogen (secondary N) is 3. The number of hydrogen-bond acceptors (Lipinski definition) is 4. The Balaban J connectivity index is 1.70. The summed E-state index contributed by atoms with van der Waals surface area (Å²) in [5, 5.41) is 16.1. The lowest BCUT2D eigenvalue weighted by molar-refractivity contribution is -0.129. The maximum Gasteiger partial charge on any atom is 0.231 e. The quantitative estimate of drug-likeness (QED) is 0.529. The fourth-order valence-electron chi connectivity index (χ4n) is 3.75. The molecule has 0 unspecified atom stereocenters. The van der Waals surface area contributed by atoms with E-state index >= 15 is 0 Å². The van der Waals surface area contributed by atoms with E-state index in [4.69, 9.17) is 17.0 Å². The van der Waals surface area contributed by atoms with Gasteiger partial charge in [-0.2, -0.15) is 0 Å². The van der Waals surface area contributed by atoms with Crippen LogP contribution in [0, 0.1) is 17.3 Å². The Bertz CT molecular complexity index is 1260. The van der Waals surface area contributed by atoms with Crippen LogP contribution in [0.1, 0.15) is 31.4 Å². The molecule has 156 valence electrons. The second-order valence-electron chi connectivity index (χ2n) is 7.73. The van der Waals surface area contributed by atoms with Gasteiger partial charge in [-0.05, 0) is 49.7 Å². The molecule has 1 aliphatic heterocycles. The first-order valence-electron chi connectivity index (χ1n) is 9.82. The summed E-state index contributed by atoms with van der Waals surface area (Å²) in [5.41, 5.74) is 3.34. The van der Waals surface area contributed by atoms with Crippen LogP contribution in [0.15, 0.2) is 48.7 Å². The number of rotatable bonds is 3. The topological polar surface area (TPSA) is 81.1 Å². The fourth-order valence-corrected chi connectivity index (χ4v) is 4.08. The highest BCUT2D eigenvalue weighted by molar-refractivity contribution is 6.31. The predicted octanol–water partition coefficient (Wildman–Crippen LogP) is 4.60. The van der Waals surface area contributed by atoms with Crippen molar-refractivity contribution < 1.29 is 4.79 Å². The second-order valence-corrected chi connectivity index (χ2v) is 8.14. The van der Waals surface area contributed by atoms with Gasteiger partial charge in [-0.1, -0.05) is 29.7 Å². The minimum absolute atomic E-state index is 0.0532. The second kappa shape index (κ2) is 7.93. The van der Waals surface area contributed by atoms with Crippen LogP contribution in [0.25, 0.3) is 10.9 Å². The molecule has 0 bridgehead atoms. The number of pyridine rings is 1. The molecule has 1 aromatic heterocycles. The number of guanidine groups is 1. The van der Waals surface area contributed by atoms with E-state index < -0.39 is 5.54 Å². The predicted molar refractivity (Wildman–Crippen MR) is 125 cm³/mol. The molecule has 6 nitrogen and oxygen atoms in total. The monoisotopic (exact) mass is 431 g/mol. The van der Waals surface area contributed by atoms with Crippen molar-refractivity contribution in [1.29, 1.82) is 5.41 Å². The molecule has 2 aromatic carbocycles. The Labute approximate surface area is 186 Å². The zero-order valence-corrected chi connectivity index (χ0v) is 18.3. The van der Waals surface area contributed by atoms with Crippen LogP contribution in [0.3, 0.4) is 0 Å². The van der Waals surface area contributed by atoms with Crippen molar-refractivity contribution in [2.45, 2.75) is 25.8 Å². The highest BCUT2D eigenvalue weighted by Crippen LogP contribution is 2.36. The van der Waals surface area contributed by atoms with Gasteiger partial charge in [0, 0.05) is 34.9 Å². The average molecular weight is 432 g/mol. The van der Waals surface area contributed by atoms with Crippen molar-refractivity contribution in [3.8, 4) is 11.8 Å². The Morgan fingerprint density at radius 1 is 1.29 bits per heavy atom. The molecule has 2 heterocycles. The number of carbonyl (C=O) groups excluding carboxylic acids is 1. The number of nitrogens with zero attached hydrogens (tertiary/aromatic N) is 2. The Kier molecular flexibility index (Phi) is 5.30. The number of hydrogen-bond donors (Lipinski definition) is 3. The molecule has 1 fully saturated rings. The summed E-state index contributed by atoms with van der Waals surface area (Å²) >= 11 is 6.51. The molecular formula is C24H22ClN5O. The number of fused-ring (bicyclic) bond motifs is 1. The van der Waals surface area contributed by atoms with E-state index in [-0.39, 0.29) is 18.3 Å². The maximum absolute atomic E-state index is 12.4. The molecule has 31 heavy (non-hydrogen) atoms. The molecule has 7 heteroatoms. The number of para-hydroxylation sites is 1. The van der Waals surface area contributed by atoms with Crippen molar-refractivity contribution in [2.75, 3.05) is 12.4 Å². The smallest absolute Gasteiger partial charge is 0.231 e. The fraction of sp³-hybridized carbons (Fsp3) is 0.208. The lowest BCUT2D eigenvalue weighted by Crippen LogP contribution is -2.58. The first-order valence-corrected chi connectivity index (χ1v) is 10.2. The maximum atomic E-state index is 12.4. The molecule has 1 amide bonds. The van der Waals surface area contributed by atoms with Crippen molar-refractivity contribution in [3.63, 3.8) is 0 Å². The van der Waals surface area contributed by atoms with E-state index in [1.165, 1.54) is 4.90 Å². The molecule has 1 atom stereocenters. The zero-order valence-electron chi connectivity index (χ0n) is 17.5. The number of anilines is 2. The van der Waals surface area contributed by atoms with Crippen LogP contribution in [-0.4, -0.2) is 28.8 Å². The van der Waals surface area contributed by atoms with Gasteiger partial charge < -0.3 is 10.6 Å². The molecule has 3 aromatic rings. The molecular weight excluding hydrogens is 410 g/mol. The minimum atomic E-state index is -0.778. The summed E-state index contributed by atoms with van der Waals surface area (Å²) in [6.07, 6.45) is 1.96. The average Bonchev–Trinajstić information content (AvgIpc) is 2.73. The van der Waals surface area contributed by atoms with Gasteiger partial charge in [0.2, 0.25) is 5.91 Å². The van der Waals surface area contributed by atoms with Gasteiger partial charge in [-0.15, -0.1) is 5.92 Å². The van der Waals surface area contributed by atoms with Crippen molar-refractivity contribution in [2.24, 2.45) is 0 Å². The van der Waals surface area contributed by atoms with Gasteiger partial charge in [0.05, 0.1) is 23.2 Å². The van der Waals surface area contributed by atoms with Gasteiger partial charge in [0.1, 0.15) is 0 Å². The number of aromatic nitrogens is 1. The molecule has 3 N–H and O–H groups in total. The summed E-state index contributed by atoms with van der Waals surface area (Å²) in [4.78, 5) is 18.3. The van der Waals surface area contributed by atoms with Crippen LogP contribution in [0.2, 0.25) is 5.02 Å². The van der Waals surface area contributed by atoms with Crippen LogP contribution in [0.4, 0.5) is 11.4 Å². The highest BCUT2D eigenvalue weighted by atomic mass is 35.5. The first-order chi connectivity index (χ1) is 14.8. The largest absolute Gasteiger partial charge is 0.354 e. The number of amides is 1. The summed E-state index contributed by atoms with van der Waals surface area (Å²) in [6, 6.07) is 13.5. The standard InChI is InChI=1S/C24H22ClN5O/c1-4-6-15-11-16-7-5-8-20(22(16)27-14-15)28-17-9-10-19(25)18(12-17)24(2)13-21(31)30(3)23(26)29-24/h5,7-12,14,28H,13H2,1-3H3,(H2,26,29)/t24-/m0/s1. The number of carbonyl (C=O) groups is 1. The van der Waals surface area contributed by atoms with Crippen molar-refractivity contribution in [3.05, 3.63) is 64.8 Å². The molecule has 0 saturated carbocycles. The van der Waals surface area contributed by atoms with E-state index in [1.807, 2.05) is 43.3 Å². The van der Waals surface area contributed by atoms with Gasteiger partial charge in [0.15, 0.2) is 5.96 Å². The van der Waals surface area contributed by atoms with Crippen LogP contribution in [0.5, 0.6) is 0 Å². The van der Waals surface area contributed by atoms with Gasteiger partial charge >= 0.3 is 0 Å². The summed E-state index contributed by atoms with van der Waals surface area (Å²) < 4.78 is 0.